The molecule has 5 N–H and O–H groups in total. The van der Waals surface area contributed by atoms with E-state index in [0.717, 1.165) is 6.33 Å². The molecular formula is C17H16ClN5O6. The standard InChI is InChI=1S/C17H16ClN5O6/c18-8-3-1-7(2-4-8)10(24)13-11(25)12(26)16(29-13)23-15-9(5-21-23)14(19-6-20-15)22-17(27)28/h1-6,10-13,16,24-26H,(H,27,28)(H,19,20,22)/t10-,11+,12-,13-,16-/m1/s1. The van der Waals surface area contributed by atoms with Gasteiger partial charge in [0.1, 0.15) is 36.6 Å². The van der Waals surface area contributed by atoms with E-state index in [1.54, 1.807) is 24.3 Å². The highest BCUT2D eigenvalue weighted by molar-refractivity contribution is 6.30. The Morgan fingerprint density at radius 3 is 2.62 bits per heavy atom. The number of carbonyl (C=O) groups is 1. The average Bonchev–Trinajstić information content (AvgIpc) is 3.24. The van der Waals surface area contributed by atoms with Crippen LogP contribution in [-0.2, 0) is 4.74 Å². The fraction of sp³-hybridized carbons (Fsp3) is 0.294. The molecule has 1 saturated heterocycles. The van der Waals surface area contributed by atoms with Crippen LogP contribution in [0.1, 0.15) is 17.9 Å². The Morgan fingerprint density at radius 1 is 1.21 bits per heavy atom. The number of rotatable bonds is 4. The van der Waals surface area contributed by atoms with Gasteiger partial charge in [-0.3, -0.25) is 5.32 Å². The molecule has 1 fully saturated rings. The number of carboxylic acid groups (broad SMARTS) is 1. The number of nitrogens with one attached hydrogen (secondary N) is 1. The van der Waals surface area contributed by atoms with Gasteiger partial charge in [0.2, 0.25) is 0 Å². The van der Waals surface area contributed by atoms with Crippen LogP contribution >= 0.6 is 11.6 Å². The third-order valence-corrected chi connectivity index (χ3v) is 4.91. The van der Waals surface area contributed by atoms with Crippen LogP contribution in [0, 0.1) is 0 Å². The molecule has 152 valence electrons. The van der Waals surface area contributed by atoms with Crippen molar-refractivity contribution in [2.45, 2.75) is 30.6 Å². The van der Waals surface area contributed by atoms with Crippen molar-refractivity contribution in [3.8, 4) is 0 Å². The van der Waals surface area contributed by atoms with E-state index in [2.05, 4.69) is 20.4 Å². The van der Waals surface area contributed by atoms with E-state index in [-0.39, 0.29) is 16.9 Å². The Labute approximate surface area is 168 Å². The smallest absolute Gasteiger partial charge is 0.410 e. The van der Waals surface area contributed by atoms with Gasteiger partial charge in [0, 0.05) is 5.02 Å². The molecule has 11 nitrogen and oxygen atoms in total. The highest BCUT2D eigenvalue weighted by atomic mass is 35.5. The van der Waals surface area contributed by atoms with Crippen LogP contribution in [0.5, 0.6) is 0 Å². The molecule has 1 amide bonds. The fourth-order valence-electron chi connectivity index (χ4n) is 3.25. The molecule has 4 rings (SSSR count). The van der Waals surface area contributed by atoms with Gasteiger partial charge in [-0.25, -0.2) is 19.4 Å². The van der Waals surface area contributed by atoms with Gasteiger partial charge in [0.15, 0.2) is 11.9 Å². The Hall–Kier alpha value is -2.83. The summed E-state index contributed by atoms with van der Waals surface area (Å²) in [5.41, 5.74) is 0.633. The summed E-state index contributed by atoms with van der Waals surface area (Å²) in [5.74, 6) is 0.0135. The van der Waals surface area contributed by atoms with Crippen molar-refractivity contribution in [3.05, 3.63) is 47.4 Å². The average molecular weight is 422 g/mol. The normalized spacial score (nSPS) is 25.2. The van der Waals surface area contributed by atoms with Crippen LogP contribution < -0.4 is 5.32 Å². The van der Waals surface area contributed by atoms with Gasteiger partial charge < -0.3 is 25.2 Å². The molecule has 1 aliphatic rings. The number of nitrogens with zero attached hydrogens (tertiary/aromatic N) is 4. The van der Waals surface area contributed by atoms with E-state index in [4.69, 9.17) is 21.4 Å². The number of benzene rings is 1. The van der Waals surface area contributed by atoms with Crippen LogP contribution in [0.25, 0.3) is 11.0 Å². The Morgan fingerprint density at radius 2 is 1.93 bits per heavy atom. The van der Waals surface area contributed by atoms with Gasteiger partial charge in [0.05, 0.1) is 11.6 Å². The number of amides is 1. The summed E-state index contributed by atoms with van der Waals surface area (Å²) in [4.78, 5) is 18.8. The second kappa shape index (κ2) is 7.54. The van der Waals surface area contributed by atoms with E-state index in [0.29, 0.717) is 10.6 Å². The van der Waals surface area contributed by atoms with Crippen molar-refractivity contribution in [2.75, 3.05) is 5.32 Å². The van der Waals surface area contributed by atoms with Gasteiger partial charge >= 0.3 is 6.09 Å². The zero-order chi connectivity index (χ0) is 20.7. The molecule has 5 atom stereocenters. The lowest BCUT2D eigenvalue weighted by molar-refractivity contribution is -0.0884. The highest BCUT2D eigenvalue weighted by Crippen LogP contribution is 2.37. The number of hydrogen-bond donors (Lipinski definition) is 5. The minimum absolute atomic E-state index is 0.0135. The lowest BCUT2D eigenvalue weighted by Gasteiger charge is -2.21. The molecule has 29 heavy (non-hydrogen) atoms. The van der Waals surface area contributed by atoms with Gasteiger partial charge in [-0.15, -0.1) is 0 Å². The van der Waals surface area contributed by atoms with Gasteiger partial charge in [-0.2, -0.15) is 5.10 Å². The second-order valence-electron chi connectivity index (χ2n) is 6.45. The maximum absolute atomic E-state index is 10.9. The third-order valence-electron chi connectivity index (χ3n) is 4.66. The number of aliphatic hydroxyl groups excluding tert-OH is 3. The van der Waals surface area contributed by atoms with E-state index < -0.39 is 36.7 Å². The summed E-state index contributed by atoms with van der Waals surface area (Å²) in [6, 6.07) is 6.35. The number of aliphatic hydroxyl groups is 3. The Kier molecular flexibility index (Phi) is 5.06. The molecule has 0 aliphatic carbocycles. The van der Waals surface area contributed by atoms with Crippen LogP contribution in [-0.4, -0.2) is 64.6 Å². The van der Waals surface area contributed by atoms with Crippen LogP contribution in [0.2, 0.25) is 5.02 Å². The van der Waals surface area contributed by atoms with E-state index in [9.17, 15) is 20.1 Å². The molecule has 3 aromatic rings. The van der Waals surface area contributed by atoms with E-state index >= 15 is 0 Å². The van der Waals surface area contributed by atoms with Crippen LogP contribution in [0.15, 0.2) is 36.8 Å². The Bertz CT molecular complexity index is 1040. The van der Waals surface area contributed by atoms with Gasteiger partial charge in [0.25, 0.3) is 0 Å². The first-order valence-corrected chi connectivity index (χ1v) is 8.88. The number of halogens is 1. The molecule has 0 spiro atoms. The summed E-state index contributed by atoms with van der Waals surface area (Å²) in [5, 5.41) is 47.4. The van der Waals surface area contributed by atoms with E-state index in [1.807, 2.05) is 0 Å². The lowest BCUT2D eigenvalue weighted by atomic mass is 9.99. The maximum Gasteiger partial charge on any atom is 0.410 e. The molecule has 12 heteroatoms. The monoisotopic (exact) mass is 421 g/mol. The van der Waals surface area contributed by atoms with Crippen LogP contribution in [0.4, 0.5) is 10.6 Å². The third kappa shape index (κ3) is 3.50. The first kappa shape index (κ1) is 19.5. The molecular weight excluding hydrogens is 406 g/mol. The van der Waals surface area contributed by atoms with Crippen molar-refractivity contribution >= 4 is 34.5 Å². The van der Waals surface area contributed by atoms with Crippen molar-refractivity contribution in [3.63, 3.8) is 0 Å². The SMILES string of the molecule is O=C(O)Nc1ncnc2c1cnn2[C@@H]1O[C@H]([C@H](O)c2ccc(Cl)cc2)[C@@H](O)[C@H]1O. The van der Waals surface area contributed by atoms with Crippen molar-refractivity contribution in [1.29, 1.82) is 0 Å². The summed E-state index contributed by atoms with van der Waals surface area (Å²) in [7, 11) is 0. The van der Waals surface area contributed by atoms with Gasteiger partial charge in [-0.05, 0) is 17.7 Å². The summed E-state index contributed by atoms with van der Waals surface area (Å²) >= 11 is 5.85. The van der Waals surface area contributed by atoms with E-state index in [1.165, 1.54) is 10.9 Å². The maximum atomic E-state index is 10.9. The van der Waals surface area contributed by atoms with Crippen molar-refractivity contribution in [2.24, 2.45) is 0 Å². The van der Waals surface area contributed by atoms with Crippen molar-refractivity contribution in [1.82, 2.24) is 19.7 Å². The quantitative estimate of drug-likeness (QED) is 0.412. The first-order valence-electron chi connectivity index (χ1n) is 8.50. The topological polar surface area (TPSA) is 163 Å². The minimum atomic E-state index is -1.42. The van der Waals surface area contributed by atoms with Crippen LogP contribution in [0.3, 0.4) is 0 Å². The van der Waals surface area contributed by atoms with Crippen molar-refractivity contribution < 1.29 is 30.0 Å². The largest absolute Gasteiger partial charge is 0.465 e. The summed E-state index contributed by atoms with van der Waals surface area (Å²) < 4.78 is 6.93. The number of fused-ring (bicyclic) bond motifs is 1. The predicted octanol–water partition coefficient (Wildman–Crippen LogP) is 0.922. The molecule has 0 radical (unpaired) electrons. The molecule has 0 bridgehead atoms. The zero-order valence-corrected chi connectivity index (χ0v) is 15.4. The lowest BCUT2D eigenvalue weighted by Crippen LogP contribution is -2.35. The molecule has 3 heterocycles. The first-order chi connectivity index (χ1) is 13.9. The molecule has 2 aromatic heterocycles. The Balaban J connectivity index is 1.64. The number of hydrogen-bond acceptors (Lipinski definition) is 8. The van der Waals surface area contributed by atoms with Gasteiger partial charge in [-0.1, -0.05) is 23.7 Å². The summed E-state index contributed by atoms with van der Waals surface area (Å²) in [6.07, 6.45) is -5.25. The minimum Gasteiger partial charge on any atom is -0.465 e. The zero-order valence-electron chi connectivity index (χ0n) is 14.6. The fourth-order valence-corrected chi connectivity index (χ4v) is 3.37. The number of aromatic nitrogens is 4. The second-order valence-corrected chi connectivity index (χ2v) is 6.88. The molecule has 1 aliphatic heterocycles. The number of anilines is 1. The highest BCUT2D eigenvalue weighted by Gasteiger charge is 2.48. The summed E-state index contributed by atoms with van der Waals surface area (Å²) in [6.45, 7) is 0. The predicted molar refractivity (Wildman–Crippen MR) is 99.3 cm³/mol. The molecule has 0 saturated carbocycles. The molecule has 0 unspecified atom stereocenters. The molecule has 1 aromatic carbocycles. The number of ether oxygens (including phenoxy) is 1.